The fourth-order valence-corrected chi connectivity index (χ4v) is 5.48. The quantitative estimate of drug-likeness (QED) is 0.690. The van der Waals surface area contributed by atoms with E-state index < -0.39 is 10.0 Å². The molecular formula is C20H25BrN2O3S. The summed E-state index contributed by atoms with van der Waals surface area (Å²) >= 11 is 3.33. The van der Waals surface area contributed by atoms with Gasteiger partial charge in [0.1, 0.15) is 5.75 Å². The standard InChI is InChI=1S/C20H25BrN2O3S/c1-26-17-11-9-16(10-12-17)19(23-13-5-2-6-14-23)15-22-27(24,25)20-8-4-3-7-18(20)21/h3-4,7-12,19,22H,2,5-6,13-15H2,1H3. The first-order chi connectivity index (χ1) is 13.0. The Balaban J connectivity index is 1.81. The molecule has 1 atom stereocenters. The first kappa shape index (κ1) is 20.3. The van der Waals surface area contributed by atoms with Crippen LogP contribution >= 0.6 is 15.9 Å². The maximum absolute atomic E-state index is 12.8. The van der Waals surface area contributed by atoms with Gasteiger partial charge < -0.3 is 4.74 Å². The number of benzene rings is 2. The van der Waals surface area contributed by atoms with Gasteiger partial charge in [0.15, 0.2) is 0 Å². The van der Waals surface area contributed by atoms with Crippen molar-refractivity contribution in [1.29, 1.82) is 0 Å². The Morgan fingerprint density at radius 3 is 2.37 bits per heavy atom. The van der Waals surface area contributed by atoms with Crippen LogP contribution in [0.5, 0.6) is 5.75 Å². The highest BCUT2D eigenvalue weighted by atomic mass is 79.9. The highest BCUT2D eigenvalue weighted by molar-refractivity contribution is 9.10. The van der Waals surface area contributed by atoms with Crippen LogP contribution in [0.3, 0.4) is 0 Å². The van der Waals surface area contributed by atoms with Crippen molar-refractivity contribution in [3.05, 3.63) is 58.6 Å². The summed E-state index contributed by atoms with van der Waals surface area (Å²) in [4.78, 5) is 2.63. The molecule has 1 fully saturated rings. The van der Waals surface area contributed by atoms with E-state index in [0.717, 1.165) is 37.2 Å². The summed E-state index contributed by atoms with van der Waals surface area (Å²) in [5, 5.41) is 0. The number of nitrogens with one attached hydrogen (secondary N) is 1. The predicted octanol–water partition coefficient (Wildman–Crippen LogP) is 3.96. The summed E-state index contributed by atoms with van der Waals surface area (Å²) < 4.78 is 34.2. The van der Waals surface area contributed by atoms with Gasteiger partial charge in [0.05, 0.1) is 12.0 Å². The molecule has 2 aromatic rings. The Labute approximate surface area is 169 Å². The van der Waals surface area contributed by atoms with Crippen LogP contribution in [0.15, 0.2) is 57.9 Å². The highest BCUT2D eigenvalue weighted by Crippen LogP contribution is 2.27. The number of sulfonamides is 1. The van der Waals surface area contributed by atoms with Gasteiger partial charge in [-0.05, 0) is 71.7 Å². The molecule has 0 aromatic heterocycles. The normalized spacial score (nSPS) is 16.8. The zero-order valence-corrected chi connectivity index (χ0v) is 17.8. The van der Waals surface area contributed by atoms with E-state index in [1.165, 1.54) is 6.42 Å². The number of likely N-dealkylation sites (tertiary alicyclic amines) is 1. The van der Waals surface area contributed by atoms with Crippen molar-refractivity contribution in [2.75, 3.05) is 26.7 Å². The molecule has 1 heterocycles. The van der Waals surface area contributed by atoms with E-state index in [-0.39, 0.29) is 10.9 Å². The Morgan fingerprint density at radius 2 is 1.74 bits per heavy atom. The molecule has 1 unspecified atom stereocenters. The second-order valence-electron chi connectivity index (χ2n) is 6.67. The van der Waals surface area contributed by atoms with Gasteiger partial charge in [-0.3, -0.25) is 4.90 Å². The molecule has 0 bridgehead atoms. The fraction of sp³-hybridized carbons (Fsp3) is 0.400. The Morgan fingerprint density at radius 1 is 1.07 bits per heavy atom. The molecule has 0 amide bonds. The summed E-state index contributed by atoms with van der Waals surface area (Å²) in [7, 11) is -1.95. The number of methoxy groups -OCH3 is 1. The lowest BCUT2D eigenvalue weighted by molar-refractivity contribution is 0.164. The molecule has 7 heteroatoms. The Kier molecular flexibility index (Phi) is 6.92. The van der Waals surface area contributed by atoms with E-state index >= 15 is 0 Å². The third-order valence-electron chi connectivity index (χ3n) is 4.92. The second-order valence-corrected chi connectivity index (χ2v) is 9.26. The fourth-order valence-electron chi connectivity index (χ4n) is 3.44. The van der Waals surface area contributed by atoms with Crippen molar-refractivity contribution < 1.29 is 13.2 Å². The number of rotatable bonds is 7. The lowest BCUT2D eigenvalue weighted by Crippen LogP contribution is -2.40. The van der Waals surface area contributed by atoms with Gasteiger partial charge in [-0.15, -0.1) is 0 Å². The molecule has 5 nitrogen and oxygen atoms in total. The summed E-state index contributed by atoms with van der Waals surface area (Å²) in [5.41, 5.74) is 1.09. The van der Waals surface area contributed by atoms with E-state index in [1.54, 1.807) is 31.4 Å². The van der Waals surface area contributed by atoms with Gasteiger partial charge >= 0.3 is 0 Å². The molecule has 2 aromatic carbocycles. The van der Waals surface area contributed by atoms with E-state index in [1.807, 2.05) is 24.3 Å². The Hall–Kier alpha value is -1.41. The number of ether oxygens (including phenoxy) is 1. The average Bonchev–Trinajstić information content (AvgIpc) is 2.69. The van der Waals surface area contributed by atoms with Crippen LogP contribution in [0, 0.1) is 0 Å². The molecule has 0 aliphatic carbocycles. The molecule has 0 saturated carbocycles. The largest absolute Gasteiger partial charge is 0.497 e. The van der Waals surface area contributed by atoms with Crippen molar-refractivity contribution in [3.63, 3.8) is 0 Å². The van der Waals surface area contributed by atoms with E-state index in [4.69, 9.17) is 4.74 Å². The number of nitrogens with zero attached hydrogens (tertiary/aromatic N) is 1. The average molecular weight is 453 g/mol. The molecule has 1 saturated heterocycles. The van der Waals surface area contributed by atoms with E-state index in [0.29, 0.717) is 11.0 Å². The van der Waals surface area contributed by atoms with Crippen LogP contribution in [0.2, 0.25) is 0 Å². The van der Waals surface area contributed by atoms with Crippen molar-refractivity contribution in [2.45, 2.75) is 30.2 Å². The summed E-state index contributed by atoms with van der Waals surface area (Å²) in [6.07, 6.45) is 3.52. The first-order valence-electron chi connectivity index (χ1n) is 9.13. The first-order valence-corrected chi connectivity index (χ1v) is 11.4. The number of hydrogen-bond donors (Lipinski definition) is 1. The number of piperidine rings is 1. The summed E-state index contributed by atoms with van der Waals surface area (Å²) in [5.74, 6) is 0.796. The molecule has 1 aliphatic heterocycles. The molecule has 1 N–H and O–H groups in total. The van der Waals surface area contributed by atoms with Crippen molar-refractivity contribution in [2.24, 2.45) is 0 Å². The SMILES string of the molecule is COc1ccc(C(CNS(=O)(=O)c2ccccc2Br)N2CCCCC2)cc1. The number of hydrogen-bond acceptors (Lipinski definition) is 4. The lowest BCUT2D eigenvalue weighted by atomic mass is 10.0. The van der Waals surface area contributed by atoms with Crippen LogP contribution in [-0.4, -0.2) is 40.1 Å². The van der Waals surface area contributed by atoms with E-state index in [2.05, 4.69) is 25.6 Å². The van der Waals surface area contributed by atoms with Gasteiger partial charge in [-0.1, -0.05) is 30.7 Å². The minimum absolute atomic E-state index is 0.00605. The van der Waals surface area contributed by atoms with Crippen molar-refractivity contribution in [3.8, 4) is 5.75 Å². The molecule has 1 aliphatic rings. The second kappa shape index (κ2) is 9.19. The monoisotopic (exact) mass is 452 g/mol. The minimum atomic E-state index is -3.59. The van der Waals surface area contributed by atoms with Crippen molar-refractivity contribution in [1.82, 2.24) is 9.62 Å². The smallest absolute Gasteiger partial charge is 0.241 e. The zero-order valence-electron chi connectivity index (χ0n) is 15.4. The zero-order chi connectivity index (χ0) is 19.3. The molecule has 27 heavy (non-hydrogen) atoms. The topological polar surface area (TPSA) is 58.6 Å². The van der Waals surface area contributed by atoms with Crippen LogP contribution in [0.25, 0.3) is 0 Å². The predicted molar refractivity (Wildman–Crippen MR) is 110 cm³/mol. The maximum atomic E-state index is 12.8. The third kappa shape index (κ3) is 5.10. The van der Waals surface area contributed by atoms with Crippen LogP contribution < -0.4 is 9.46 Å². The van der Waals surface area contributed by atoms with Gasteiger partial charge in [-0.25, -0.2) is 13.1 Å². The van der Waals surface area contributed by atoms with Gasteiger partial charge in [-0.2, -0.15) is 0 Å². The van der Waals surface area contributed by atoms with Crippen LogP contribution in [0.1, 0.15) is 30.9 Å². The molecule has 3 rings (SSSR count). The maximum Gasteiger partial charge on any atom is 0.241 e. The minimum Gasteiger partial charge on any atom is -0.497 e. The third-order valence-corrected chi connectivity index (χ3v) is 7.36. The van der Waals surface area contributed by atoms with Crippen molar-refractivity contribution >= 4 is 26.0 Å². The molecule has 0 spiro atoms. The molecule has 0 radical (unpaired) electrons. The number of halogens is 1. The van der Waals surface area contributed by atoms with E-state index in [9.17, 15) is 8.42 Å². The van der Waals surface area contributed by atoms with Gasteiger partial charge in [0.2, 0.25) is 10.0 Å². The molecular weight excluding hydrogens is 428 g/mol. The highest BCUT2D eigenvalue weighted by Gasteiger charge is 2.25. The summed E-state index contributed by atoms with van der Waals surface area (Å²) in [6.45, 7) is 2.29. The summed E-state index contributed by atoms with van der Waals surface area (Å²) in [6, 6.07) is 14.8. The van der Waals surface area contributed by atoms with Crippen LogP contribution in [0.4, 0.5) is 0 Å². The Bertz CT molecular complexity index is 850. The lowest BCUT2D eigenvalue weighted by Gasteiger charge is -2.35. The van der Waals surface area contributed by atoms with Crippen LogP contribution in [-0.2, 0) is 10.0 Å². The van der Waals surface area contributed by atoms with Gasteiger partial charge in [0.25, 0.3) is 0 Å². The van der Waals surface area contributed by atoms with Gasteiger partial charge in [0, 0.05) is 17.1 Å². The molecule has 146 valence electrons.